The van der Waals surface area contributed by atoms with E-state index in [-0.39, 0.29) is 18.9 Å². The lowest BCUT2D eigenvalue weighted by molar-refractivity contribution is -0.134. The Balaban J connectivity index is 2.33. The van der Waals surface area contributed by atoms with E-state index in [0.717, 1.165) is 0 Å². The Labute approximate surface area is 118 Å². The van der Waals surface area contributed by atoms with E-state index in [1.807, 2.05) is 20.8 Å². The van der Waals surface area contributed by atoms with Gasteiger partial charge in [0, 0.05) is 17.0 Å². The molecule has 19 heavy (non-hydrogen) atoms. The van der Waals surface area contributed by atoms with E-state index in [4.69, 9.17) is 16.3 Å². The summed E-state index contributed by atoms with van der Waals surface area (Å²) in [6.07, 6.45) is 0.129. The summed E-state index contributed by atoms with van der Waals surface area (Å²) in [5.74, 6) is -0.0418. The number of benzene rings is 1. The second-order valence-electron chi connectivity index (χ2n) is 5.18. The maximum atomic E-state index is 11.6. The lowest BCUT2D eigenvalue weighted by Gasteiger charge is -2.17. The topological polar surface area (TPSA) is 55.4 Å². The van der Waals surface area contributed by atoms with E-state index in [9.17, 15) is 9.59 Å². The van der Waals surface area contributed by atoms with Crippen LogP contribution in [0.4, 0.5) is 0 Å². The van der Waals surface area contributed by atoms with Crippen molar-refractivity contribution in [1.29, 1.82) is 0 Å². The van der Waals surface area contributed by atoms with Crippen molar-refractivity contribution in [2.45, 2.75) is 27.2 Å². The van der Waals surface area contributed by atoms with E-state index < -0.39 is 11.4 Å². The molecule has 0 aliphatic rings. The minimum absolute atomic E-state index is 0.0909. The summed E-state index contributed by atoms with van der Waals surface area (Å²) in [5, 5.41) is 3.27. The molecule has 4 nitrogen and oxygen atoms in total. The van der Waals surface area contributed by atoms with Crippen LogP contribution in [0.1, 0.15) is 27.2 Å². The van der Waals surface area contributed by atoms with E-state index in [1.165, 1.54) is 0 Å². The van der Waals surface area contributed by atoms with Crippen LogP contribution in [-0.4, -0.2) is 18.4 Å². The lowest BCUT2D eigenvalue weighted by atomic mass is 9.96. The zero-order valence-electron chi connectivity index (χ0n) is 11.3. The van der Waals surface area contributed by atoms with Gasteiger partial charge >= 0.3 is 5.97 Å². The average molecular weight is 284 g/mol. The van der Waals surface area contributed by atoms with Crippen LogP contribution in [0.15, 0.2) is 24.3 Å². The summed E-state index contributed by atoms with van der Waals surface area (Å²) in [6.45, 7) is 5.71. The predicted molar refractivity (Wildman–Crippen MR) is 74.2 cm³/mol. The van der Waals surface area contributed by atoms with Crippen molar-refractivity contribution in [2.75, 3.05) is 6.54 Å². The minimum Gasteiger partial charge on any atom is -0.426 e. The molecule has 1 rings (SSSR count). The van der Waals surface area contributed by atoms with Gasteiger partial charge in [0.1, 0.15) is 5.75 Å². The van der Waals surface area contributed by atoms with E-state index >= 15 is 0 Å². The predicted octanol–water partition coefficient (Wildman–Crippen LogP) is 2.80. The second kappa shape index (κ2) is 6.57. The maximum Gasteiger partial charge on any atom is 0.312 e. The van der Waals surface area contributed by atoms with Gasteiger partial charge in [-0.1, -0.05) is 32.4 Å². The van der Waals surface area contributed by atoms with Gasteiger partial charge in [0.05, 0.1) is 6.42 Å². The van der Waals surface area contributed by atoms with Gasteiger partial charge in [-0.05, 0) is 24.3 Å². The SMILES string of the molecule is CC(C)(C)C(=O)NCCC(=O)Oc1ccc(Cl)cc1. The first-order valence-electron chi connectivity index (χ1n) is 6.03. The number of esters is 1. The number of rotatable bonds is 4. The molecule has 1 aromatic rings. The van der Waals surface area contributed by atoms with Gasteiger partial charge in [-0.25, -0.2) is 0 Å². The van der Waals surface area contributed by atoms with Crippen LogP contribution in [0.3, 0.4) is 0 Å². The Kier molecular flexibility index (Phi) is 5.36. The first kappa shape index (κ1) is 15.5. The van der Waals surface area contributed by atoms with E-state index in [2.05, 4.69) is 5.32 Å². The number of ether oxygens (including phenoxy) is 1. The highest BCUT2D eigenvalue weighted by molar-refractivity contribution is 6.30. The largest absolute Gasteiger partial charge is 0.426 e. The Morgan fingerprint density at radius 1 is 1.21 bits per heavy atom. The first-order valence-corrected chi connectivity index (χ1v) is 6.41. The van der Waals surface area contributed by atoms with E-state index in [1.54, 1.807) is 24.3 Å². The number of carbonyl (C=O) groups excluding carboxylic acids is 2. The summed E-state index contributed by atoms with van der Waals surface area (Å²) in [5.41, 5.74) is -0.458. The zero-order valence-corrected chi connectivity index (χ0v) is 12.1. The van der Waals surface area contributed by atoms with Gasteiger partial charge in [-0.2, -0.15) is 0 Å². The van der Waals surface area contributed by atoms with Crippen molar-refractivity contribution in [3.8, 4) is 5.75 Å². The Morgan fingerprint density at radius 3 is 2.32 bits per heavy atom. The van der Waals surface area contributed by atoms with Gasteiger partial charge in [-0.3, -0.25) is 9.59 Å². The van der Waals surface area contributed by atoms with Crippen molar-refractivity contribution in [3.63, 3.8) is 0 Å². The molecule has 0 saturated heterocycles. The van der Waals surface area contributed by atoms with Gasteiger partial charge in [0.15, 0.2) is 0 Å². The van der Waals surface area contributed by atoms with Crippen LogP contribution in [0.5, 0.6) is 5.75 Å². The molecule has 0 heterocycles. The van der Waals surface area contributed by atoms with Crippen molar-refractivity contribution in [1.82, 2.24) is 5.32 Å². The normalized spacial score (nSPS) is 10.9. The molecule has 0 unspecified atom stereocenters. The number of halogens is 1. The Hall–Kier alpha value is -1.55. The molecule has 0 radical (unpaired) electrons. The molecule has 5 heteroatoms. The standard InChI is InChI=1S/C14H18ClNO3/c1-14(2,3)13(18)16-9-8-12(17)19-11-6-4-10(15)5-7-11/h4-7H,8-9H2,1-3H3,(H,16,18). The van der Waals surface area contributed by atoms with Crippen LogP contribution in [-0.2, 0) is 9.59 Å². The molecule has 0 bridgehead atoms. The number of amides is 1. The Morgan fingerprint density at radius 2 is 1.79 bits per heavy atom. The molecule has 1 amide bonds. The second-order valence-corrected chi connectivity index (χ2v) is 5.62. The van der Waals surface area contributed by atoms with Gasteiger partial charge in [0.25, 0.3) is 0 Å². The highest BCUT2D eigenvalue weighted by atomic mass is 35.5. The fourth-order valence-corrected chi connectivity index (χ4v) is 1.35. The number of hydrogen-bond donors (Lipinski definition) is 1. The molecule has 104 valence electrons. The van der Waals surface area contributed by atoms with Crippen molar-refractivity contribution in [2.24, 2.45) is 5.41 Å². The number of nitrogens with one attached hydrogen (secondary N) is 1. The molecule has 0 aromatic heterocycles. The number of carbonyl (C=O) groups is 2. The highest BCUT2D eigenvalue weighted by Crippen LogP contribution is 2.16. The summed E-state index contributed by atoms with van der Waals surface area (Å²) < 4.78 is 5.09. The van der Waals surface area contributed by atoms with Crippen LogP contribution in [0.25, 0.3) is 0 Å². The third kappa shape index (κ3) is 5.75. The van der Waals surface area contributed by atoms with Gasteiger partial charge in [-0.15, -0.1) is 0 Å². The van der Waals surface area contributed by atoms with Gasteiger partial charge in [0.2, 0.25) is 5.91 Å². The van der Waals surface area contributed by atoms with Crippen molar-refractivity contribution in [3.05, 3.63) is 29.3 Å². The summed E-state index contributed by atoms with van der Waals surface area (Å²) in [6, 6.07) is 6.53. The summed E-state index contributed by atoms with van der Waals surface area (Å²) >= 11 is 5.72. The van der Waals surface area contributed by atoms with Crippen LogP contribution in [0, 0.1) is 5.41 Å². The molecule has 1 aromatic carbocycles. The van der Waals surface area contributed by atoms with Gasteiger partial charge < -0.3 is 10.1 Å². The number of hydrogen-bond acceptors (Lipinski definition) is 3. The molecule has 0 spiro atoms. The Bertz CT molecular complexity index is 449. The van der Waals surface area contributed by atoms with Crippen LogP contribution in [0.2, 0.25) is 5.02 Å². The van der Waals surface area contributed by atoms with Crippen LogP contribution < -0.4 is 10.1 Å². The fourth-order valence-electron chi connectivity index (χ4n) is 1.23. The quantitative estimate of drug-likeness (QED) is 0.683. The first-order chi connectivity index (χ1) is 8.79. The lowest BCUT2D eigenvalue weighted by Crippen LogP contribution is -2.36. The van der Waals surface area contributed by atoms with E-state index in [0.29, 0.717) is 10.8 Å². The smallest absolute Gasteiger partial charge is 0.312 e. The average Bonchev–Trinajstić information content (AvgIpc) is 2.31. The third-order valence-electron chi connectivity index (χ3n) is 2.34. The molecule has 0 fully saturated rings. The highest BCUT2D eigenvalue weighted by Gasteiger charge is 2.20. The third-order valence-corrected chi connectivity index (χ3v) is 2.59. The van der Waals surface area contributed by atoms with Crippen LogP contribution >= 0.6 is 11.6 Å². The minimum atomic E-state index is -0.458. The molecule has 0 aliphatic heterocycles. The van der Waals surface area contributed by atoms with Crippen molar-refractivity contribution >= 4 is 23.5 Å². The molecular formula is C14H18ClNO3. The van der Waals surface area contributed by atoms with Crippen molar-refractivity contribution < 1.29 is 14.3 Å². The summed E-state index contributed by atoms with van der Waals surface area (Å²) in [4.78, 5) is 23.1. The molecule has 1 N–H and O–H groups in total. The molecule has 0 aliphatic carbocycles. The molecular weight excluding hydrogens is 266 g/mol. The molecule has 0 atom stereocenters. The fraction of sp³-hybridized carbons (Fsp3) is 0.429. The molecule has 0 saturated carbocycles. The monoisotopic (exact) mass is 283 g/mol. The summed E-state index contributed by atoms with van der Waals surface area (Å²) in [7, 11) is 0. The zero-order chi connectivity index (χ0) is 14.5. The maximum absolute atomic E-state index is 11.6.